The summed E-state index contributed by atoms with van der Waals surface area (Å²) in [5, 5.41) is 7.41. The monoisotopic (exact) mass is 402 g/mol. The van der Waals surface area contributed by atoms with Crippen LogP contribution in [0.25, 0.3) is 5.52 Å². The maximum absolute atomic E-state index is 13.1. The molecule has 1 N–H and O–H groups in total. The van der Waals surface area contributed by atoms with Crippen molar-refractivity contribution in [2.24, 2.45) is 0 Å². The summed E-state index contributed by atoms with van der Waals surface area (Å²) in [7, 11) is 0. The van der Waals surface area contributed by atoms with E-state index in [1.165, 1.54) is 0 Å². The molecule has 1 aliphatic carbocycles. The number of fused-ring (bicyclic) bond motifs is 3. The minimum atomic E-state index is -0.164. The van der Waals surface area contributed by atoms with Crippen molar-refractivity contribution >= 4 is 11.4 Å². The van der Waals surface area contributed by atoms with E-state index in [-0.39, 0.29) is 11.5 Å². The first-order valence-electron chi connectivity index (χ1n) is 10.2. The Kier molecular flexibility index (Phi) is 4.71. The number of furan rings is 1. The molecule has 30 heavy (non-hydrogen) atoms. The minimum absolute atomic E-state index is 0.0200. The van der Waals surface area contributed by atoms with Crippen molar-refractivity contribution in [2.75, 3.05) is 0 Å². The summed E-state index contributed by atoms with van der Waals surface area (Å²) in [4.78, 5) is 25.4. The van der Waals surface area contributed by atoms with E-state index in [0.717, 1.165) is 42.5 Å². The molecule has 5 rings (SSSR count). The van der Waals surface area contributed by atoms with Crippen molar-refractivity contribution in [1.82, 2.24) is 19.5 Å². The van der Waals surface area contributed by atoms with Gasteiger partial charge in [0.25, 0.3) is 11.5 Å². The van der Waals surface area contributed by atoms with Crippen molar-refractivity contribution in [1.29, 1.82) is 0 Å². The smallest absolute Gasteiger partial charge is 0.277 e. The first kappa shape index (κ1) is 18.4. The van der Waals surface area contributed by atoms with Crippen LogP contribution in [0, 0.1) is 0 Å². The largest absolute Gasteiger partial charge is 0.467 e. The highest BCUT2D eigenvalue weighted by molar-refractivity contribution is 5.94. The average molecular weight is 402 g/mol. The number of benzene rings is 1. The number of hydrogen-bond acceptors (Lipinski definition) is 4. The summed E-state index contributed by atoms with van der Waals surface area (Å²) >= 11 is 0. The summed E-state index contributed by atoms with van der Waals surface area (Å²) in [6, 6.07) is 10.9. The first-order chi connectivity index (χ1) is 14.7. The molecule has 7 heteroatoms. The van der Waals surface area contributed by atoms with Crippen molar-refractivity contribution in [3.05, 3.63) is 93.6 Å². The van der Waals surface area contributed by atoms with Gasteiger partial charge in [-0.1, -0.05) is 12.1 Å². The molecule has 152 valence electrons. The Labute approximate surface area is 172 Å². The molecular formula is C23H22N4O3. The van der Waals surface area contributed by atoms with Crippen molar-refractivity contribution in [3.63, 3.8) is 0 Å². The molecule has 1 amide bonds. The van der Waals surface area contributed by atoms with Gasteiger partial charge in [0.1, 0.15) is 11.3 Å². The van der Waals surface area contributed by atoms with Gasteiger partial charge in [-0.15, -0.1) is 0 Å². The van der Waals surface area contributed by atoms with Gasteiger partial charge < -0.3 is 14.3 Å². The third-order valence-electron chi connectivity index (χ3n) is 5.61. The van der Waals surface area contributed by atoms with Gasteiger partial charge in [-0.3, -0.25) is 9.59 Å². The number of carbonyl (C=O) groups excluding carboxylic acids is 1. The molecule has 1 aromatic carbocycles. The van der Waals surface area contributed by atoms with E-state index >= 15 is 0 Å². The lowest BCUT2D eigenvalue weighted by Crippen LogP contribution is -2.23. The Morgan fingerprint density at radius 1 is 1.10 bits per heavy atom. The Hall–Kier alpha value is -3.61. The van der Waals surface area contributed by atoms with Crippen LogP contribution in [0.5, 0.6) is 0 Å². The highest BCUT2D eigenvalue weighted by Crippen LogP contribution is 2.22. The molecule has 1 aliphatic rings. The van der Waals surface area contributed by atoms with Crippen LogP contribution in [0.2, 0.25) is 0 Å². The molecule has 0 atom stereocenters. The fraction of sp³-hybridized carbons (Fsp3) is 0.261. The van der Waals surface area contributed by atoms with Crippen LogP contribution in [0.15, 0.2) is 64.3 Å². The molecule has 0 saturated carbocycles. The summed E-state index contributed by atoms with van der Waals surface area (Å²) in [5.41, 5.74) is 4.36. The number of hydrogen-bond donors (Lipinski definition) is 1. The van der Waals surface area contributed by atoms with Gasteiger partial charge in [0.05, 0.1) is 25.0 Å². The van der Waals surface area contributed by atoms with Crippen LogP contribution in [0.3, 0.4) is 0 Å². The van der Waals surface area contributed by atoms with Gasteiger partial charge in [-0.2, -0.15) is 5.10 Å². The van der Waals surface area contributed by atoms with Gasteiger partial charge >= 0.3 is 0 Å². The van der Waals surface area contributed by atoms with Gasteiger partial charge in [-0.25, -0.2) is 4.52 Å². The minimum Gasteiger partial charge on any atom is -0.467 e. The molecule has 4 aromatic rings. The normalized spacial score (nSPS) is 13.3. The van der Waals surface area contributed by atoms with E-state index in [4.69, 9.17) is 4.42 Å². The molecule has 0 fully saturated rings. The molecule has 0 radical (unpaired) electrons. The summed E-state index contributed by atoms with van der Waals surface area (Å²) in [6.45, 7) is 0.794. The second-order valence-corrected chi connectivity index (χ2v) is 7.62. The molecule has 7 nitrogen and oxygen atoms in total. The Balaban J connectivity index is 1.33. The lowest BCUT2D eigenvalue weighted by molar-refractivity contribution is 0.0948. The predicted octanol–water partition coefficient (Wildman–Crippen LogP) is 2.95. The van der Waals surface area contributed by atoms with E-state index in [2.05, 4.69) is 10.4 Å². The summed E-state index contributed by atoms with van der Waals surface area (Å²) in [6.07, 6.45) is 9.30. The standard InChI is InChI=1S/C23H22N4O3/c28-22(24-14-18-4-3-13-30-18)17-9-7-16(8-10-17)15-26-11-12-27-21(23(26)29)19-5-1-2-6-20(19)25-27/h3-4,7-13H,1-2,5-6,14-15H2,(H,24,28). The number of carbonyl (C=O) groups is 1. The summed E-state index contributed by atoms with van der Waals surface area (Å²) < 4.78 is 8.65. The molecule has 0 unspecified atom stereocenters. The topological polar surface area (TPSA) is 81.5 Å². The highest BCUT2D eigenvalue weighted by Gasteiger charge is 2.19. The van der Waals surface area contributed by atoms with E-state index in [0.29, 0.717) is 29.9 Å². The van der Waals surface area contributed by atoms with Crippen LogP contribution in [-0.4, -0.2) is 20.1 Å². The molecule has 3 aromatic heterocycles. The van der Waals surface area contributed by atoms with Crippen molar-refractivity contribution < 1.29 is 9.21 Å². The molecule has 3 heterocycles. The lowest BCUT2D eigenvalue weighted by Gasteiger charge is -2.10. The molecular weight excluding hydrogens is 380 g/mol. The van der Waals surface area contributed by atoms with Crippen LogP contribution in [0.1, 0.15) is 45.8 Å². The third-order valence-corrected chi connectivity index (χ3v) is 5.61. The first-order valence-corrected chi connectivity index (χ1v) is 10.2. The average Bonchev–Trinajstić information content (AvgIpc) is 3.42. The van der Waals surface area contributed by atoms with Crippen LogP contribution >= 0.6 is 0 Å². The van der Waals surface area contributed by atoms with Gasteiger partial charge in [0, 0.05) is 23.5 Å². The van der Waals surface area contributed by atoms with E-state index in [9.17, 15) is 9.59 Å². The zero-order valence-corrected chi connectivity index (χ0v) is 16.5. The van der Waals surface area contributed by atoms with Crippen molar-refractivity contribution in [3.8, 4) is 0 Å². The van der Waals surface area contributed by atoms with Gasteiger partial charge in [-0.05, 0) is 55.5 Å². The molecule has 0 bridgehead atoms. The van der Waals surface area contributed by atoms with E-state index < -0.39 is 0 Å². The number of nitrogens with zero attached hydrogens (tertiary/aromatic N) is 3. The van der Waals surface area contributed by atoms with E-state index in [1.807, 2.05) is 24.4 Å². The van der Waals surface area contributed by atoms with E-state index in [1.54, 1.807) is 39.7 Å². The maximum Gasteiger partial charge on any atom is 0.277 e. The highest BCUT2D eigenvalue weighted by atomic mass is 16.3. The third kappa shape index (κ3) is 3.43. The number of aromatic nitrogens is 3. The zero-order chi connectivity index (χ0) is 20.5. The molecule has 0 aliphatic heterocycles. The predicted molar refractivity (Wildman–Crippen MR) is 112 cm³/mol. The Morgan fingerprint density at radius 3 is 2.73 bits per heavy atom. The zero-order valence-electron chi connectivity index (χ0n) is 16.5. The quantitative estimate of drug-likeness (QED) is 0.557. The number of rotatable bonds is 5. The second-order valence-electron chi connectivity index (χ2n) is 7.62. The SMILES string of the molecule is O=C(NCc1ccco1)c1ccc(Cn2ccn3nc4c(c3c2=O)CCCC4)cc1. The number of nitrogens with one attached hydrogen (secondary N) is 1. The summed E-state index contributed by atoms with van der Waals surface area (Å²) in [5.74, 6) is 0.541. The molecule has 0 spiro atoms. The fourth-order valence-electron chi connectivity index (χ4n) is 4.02. The second kappa shape index (κ2) is 7.67. The number of aryl methyl sites for hydroxylation is 2. The van der Waals surface area contributed by atoms with Crippen LogP contribution in [-0.2, 0) is 25.9 Å². The maximum atomic E-state index is 13.1. The lowest BCUT2D eigenvalue weighted by atomic mass is 9.97. The van der Waals surface area contributed by atoms with Gasteiger partial charge in [0.15, 0.2) is 0 Å². The Bertz CT molecular complexity index is 1250. The Morgan fingerprint density at radius 2 is 1.93 bits per heavy atom. The fourth-order valence-corrected chi connectivity index (χ4v) is 4.02. The van der Waals surface area contributed by atoms with Crippen molar-refractivity contribution in [2.45, 2.75) is 38.8 Å². The van der Waals surface area contributed by atoms with Crippen LogP contribution in [0.4, 0.5) is 0 Å². The van der Waals surface area contributed by atoms with Gasteiger partial charge in [0.2, 0.25) is 0 Å². The molecule has 0 saturated heterocycles. The van der Waals surface area contributed by atoms with Crippen LogP contribution < -0.4 is 10.9 Å². The number of amides is 1.